The van der Waals surface area contributed by atoms with Crippen molar-refractivity contribution < 1.29 is 14.3 Å². The number of nitrogens with zero attached hydrogens (tertiary/aromatic N) is 1. The first-order valence-corrected chi connectivity index (χ1v) is 6.15. The lowest BCUT2D eigenvalue weighted by atomic mass is 9.86. The van der Waals surface area contributed by atoms with Gasteiger partial charge in [0, 0.05) is 14.0 Å². The number of hydrogen-bond donors (Lipinski definition) is 0. The quantitative estimate of drug-likeness (QED) is 0.787. The zero-order chi connectivity index (χ0) is 14.8. The van der Waals surface area contributed by atoms with Gasteiger partial charge < -0.3 is 9.64 Å². The molecule has 0 bridgehead atoms. The molecule has 0 fully saturated rings. The van der Waals surface area contributed by atoms with E-state index in [-0.39, 0.29) is 5.41 Å². The van der Waals surface area contributed by atoms with E-state index in [0.29, 0.717) is 11.4 Å². The van der Waals surface area contributed by atoms with Crippen LogP contribution < -0.4 is 9.64 Å². The van der Waals surface area contributed by atoms with Crippen LogP contribution in [0.1, 0.15) is 33.3 Å². The van der Waals surface area contributed by atoms with Crippen molar-refractivity contribution in [3.63, 3.8) is 0 Å². The maximum atomic E-state index is 11.8. The summed E-state index contributed by atoms with van der Waals surface area (Å²) in [5.41, 5.74) is 1.64. The summed E-state index contributed by atoms with van der Waals surface area (Å²) in [5, 5.41) is 0. The van der Waals surface area contributed by atoms with Crippen LogP contribution in [0.25, 0.3) is 0 Å². The van der Waals surface area contributed by atoms with E-state index < -0.39 is 11.7 Å². The third-order valence-corrected chi connectivity index (χ3v) is 3.01. The summed E-state index contributed by atoms with van der Waals surface area (Å²) in [6.07, 6.45) is 0. The van der Waals surface area contributed by atoms with Crippen LogP contribution in [0.5, 0.6) is 5.75 Å². The third kappa shape index (κ3) is 3.34. The molecule has 4 nitrogen and oxygen atoms in total. The van der Waals surface area contributed by atoms with Crippen LogP contribution >= 0.6 is 0 Å². The lowest BCUT2D eigenvalue weighted by Crippen LogP contribution is -2.32. The van der Waals surface area contributed by atoms with Crippen molar-refractivity contribution in [2.45, 2.75) is 33.1 Å². The van der Waals surface area contributed by atoms with Crippen LogP contribution in [0.15, 0.2) is 18.2 Å². The Hall–Kier alpha value is -1.84. The molecule has 1 rings (SSSR count). The molecule has 0 heterocycles. The molecule has 0 aliphatic carbocycles. The van der Waals surface area contributed by atoms with Gasteiger partial charge in [0.25, 0.3) is 5.91 Å². The minimum atomic E-state index is -0.552. The minimum Gasteiger partial charge on any atom is -0.495 e. The van der Waals surface area contributed by atoms with Gasteiger partial charge in [-0.3, -0.25) is 9.59 Å². The SMILES string of the molecule is COc1ccc(C(C)(C)C)cc1N(C)C(=O)C(C)=O. The zero-order valence-electron chi connectivity index (χ0n) is 12.4. The van der Waals surface area contributed by atoms with E-state index >= 15 is 0 Å². The van der Waals surface area contributed by atoms with Crippen molar-refractivity contribution in [3.8, 4) is 5.75 Å². The summed E-state index contributed by atoms with van der Waals surface area (Å²) >= 11 is 0. The summed E-state index contributed by atoms with van der Waals surface area (Å²) in [4.78, 5) is 24.3. The molecule has 0 N–H and O–H groups in total. The van der Waals surface area contributed by atoms with Crippen LogP contribution in [0.2, 0.25) is 0 Å². The summed E-state index contributed by atoms with van der Waals surface area (Å²) < 4.78 is 5.26. The number of hydrogen-bond acceptors (Lipinski definition) is 3. The number of anilines is 1. The van der Waals surface area contributed by atoms with Gasteiger partial charge in [0.2, 0.25) is 5.78 Å². The highest BCUT2D eigenvalue weighted by atomic mass is 16.5. The molecule has 0 saturated carbocycles. The molecule has 0 saturated heterocycles. The third-order valence-electron chi connectivity index (χ3n) is 3.01. The van der Waals surface area contributed by atoms with Gasteiger partial charge in [-0.1, -0.05) is 26.8 Å². The standard InChI is InChI=1S/C15H21NO3/c1-10(17)14(18)16(5)12-9-11(15(2,3)4)7-8-13(12)19-6/h7-9H,1-6H3. The maximum Gasteiger partial charge on any atom is 0.293 e. The second-order valence-corrected chi connectivity index (χ2v) is 5.56. The lowest BCUT2D eigenvalue weighted by Gasteiger charge is -2.24. The average Bonchev–Trinajstić information content (AvgIpc) is 2.34. The van der Waals surface area contributed by atoms with E-state index in [1.165, 1.54) is 11.8 Å². The second kappa shape index (κ2) is 5.43. The van der Waals surface area contributed by atoms with Gasteiger partial charge in [-0.05, 0) is 23.1 Å². The Morgan fingerprint density at radius 3 is 2.21 bits per heavy atom. The molecule has 0 radical (unpaired) electrons. The highest BCUT2D eigenvalue weighted by Crippen LogP contribution is 2.33. The molecule has 0 aromatic heterocycles. The number of likely N-dealkylation sites (N-methyl/N-ethyl adjacent to an activating group) is 1. The number of ether oxygens (including phenoxy) is 1. The van der Waals surface area contributed by atoms with Gasteiger partial charge in [-0.25, -0.2) is 0 Å². The second-order valence-electron chi connectivity index (χ2n) is 5.56. The Balaban J connectivity index is 3.31. The average molecular weight is 263 g/mol. The molecule has 0 spiro atoms. The number of benzene rings is 1. The Kier molecular flexibility index (Phi) is 4.35. The fourth-order valence-electron chi connectivity index (χ4n) is 1.76. The first-order chi connectivity index (χ1) is 8.68. The molecule has 1 amide bonds. The molecule has 19 heavy (non-hydrogen) atoms. The van der Waals surface area contributed by atoms with Crippen molar-refractivity contribution in [2.24, 2.45) is 0 Å². The van der Waals surface area contributed by atoms with Gasteiger partial charge in [-0.2, -0.15) is 0 Å². The van der Waals surface area contributed by atoms with Gasteiger partial charge in [0.15, 0.2) is 0 Å². The first-order valence-electron chi connectivity index (χ1n) is 6.15. The van der Waals surface area contributed by atoms with Gasteiger partial charge in [-0.15, -0.1) is 0 Å². The molecular formula is C15H21NO3. The molecule has 0 aliphatic rings. The molecule has 4 heteroatoms. The zero-order valence-corrected chi connectivity index (χ0v) is 12.4. The molecule has 1 aromatic rings. The molecule has 0 atom stereocenters. The molecule has 104 valence electrons. The molecular weight excluding hydrogens is 242 g/mol. The fourth-order valence-corrected chi connectivity index (χ4v) is 1.76. The van der Waals surface area contributed by atoms with E-state index in [1.54, 1.807) is 14.2 Å². The normalized spacial score (nSPS) is 11.1. The van der Waals surface area contributed by atoms with E-state index in [4.69, 9.17) is 4.74 Å². The number of Topliss-reactive ketones (excluding diaryl/α,β-unsaturated/α-hetero) is 1. The largest absolute Gasteiger partial charge is 0.495 e. The number of carbonyl (C=O) groups excluding carboxylic acids is 2. The Morgan fingerprint density at radius 2 is 1.79 bits per heavy atom. The van der Waals surface area contributed by atoms with Crippen molar-refractivity contribution in [1.82, 2.24) is 0 Å². The number of amides is 1. The van der Waals surface area contributed by atoms with Crippen LogP contribution in [0, 0.1) is 0 Å². The minimum absolute atomic E-state index is 0.0405. The topological polar surface area (TPSA) is 46.6 Å². The smallest absolute Gasteiger partial charge is 0.293 e. The van der Waals surface area contributed by atoms with Crippen LogP contribution in [-0.2, 0) is 15.0 Å². The molecule has 1 aromatic carbocycles. The lowest BCUT2D eigenvalue weighted by molar-refractivity contribution is -0.134. The Labute approximate surface area is 114 Å². The molecule has 0 unspecified atom stereocenters. The first kappa shape index (κ1) is 15.2. The van der Waals surface area contributed by atoms with Crippen molar-refractivity contribution in [3.05, 3.63) is 23.8 Å². The number of methoxy groups -OCH3 is 1. The summed E-state index contributed by atoms with van der Waals surface area (Å²) in [6, 6.07) is 5.67. The predicted octanol–water partition coefficient (Wildman–Crippen LogP) is 2.54. The van der Waals surface area contributed by atoms with Crippen LogP contribution in [0.4, 0.5) is 5.69 Å². The van der Waals surface area contributed by atoms with Crippen molar-refractivity contribution >= 4 is 17.4 Å². The van der Waals surface area contributed by atoms with Gasteiger partial charge >= 0.3 is 0 Å². The van der Waals surface area contributed by atoms with Gasteiger partial charge in [0.1, 0.15) is 5.75 Å². The number of ketones is 1. The summed E-state index contributed by atoms with van der Waals surface area (Å²) in [6.45, 7) is 7.53. The maximum absolute atomic E-state index is 11.8. The highest BCUT2D eigenvalue weighted by Gasteiger charge is 2.22. The Morgan fingerprint density at radius 1 is 1.21 bits per heavy atom. The fraction of sp³-hybridized carbons (Fsp3) is 0.467. The van der Waals surface area contributed by atoms with E-state index in [0.717, 1.165) is 5.56 Å². The van der Waals surface area contributed by atoms with E-state index in [9.17, 15) is 9.59 Å². The molecule has 0 aliphatic heterocycles. The van der Waals surface area contributed by atoms with Crippen molar-refractivity contribution in [1.29, 1.82) is 0 Å². The summed E-state index contributed by atoms with van der Waals surface area (Å²) in [5.74, 6) is -0.472. The number of carbonyl (C=O) groups is 2. The van der Waals surface area contributed by atoms with Gasteiger partial charge in [0.05, 0.1) is 12.8 Å². The Bertz CT molecular complexity index is 501. The van der Waals surface area contributed by atoms with E-state index in [2.05, 4.69) is 20.8 Å². The predicted molar refractivity (Wildman–Crippen MR) is 75.8 cm³/mol. The van der Waals surface area contributed by atoms with Crippen LogP contribution in [-0.4, -0.2) is 25.8 Å². The summed E-state index contributed by atoms with van der Waals surface area (Å²) in [7, 11) is 3.12. The monoisotopic (exact) mass is 263 g/mol. The van der Waals surface area contributed by atoms with E-state index in [1.807, 2.05) is 18.2 Å². The number of rotatable bonds is 3. The highest BCUT2D eigenvalue weighted by molar-refractivity contribution is 6.40. The van der Waals surface area contributed by atoms with Crippen LogP contribution in [0.3, 0.4) is 0 Å². The van der Waals surface area contributed by atoms with Crippen molar-refractivity contribution in [2.75, 3.05) is 19.1 Å².